The molecule has 1 aromatic carbocycles. The Balaban J connectivity index is 1.86. The molecule has 0 saturated carbocycles. The number of rotatable bonds is 4. The van der Waals surface area contributed by atoms with Gasteiger partial charge in [-0.25, -0.2) is 4.98 Å². The number of para-hydroxylation sites is 1. The Bertz CT molecular complexity index is 885. The fourth-order valence-corrected chi connectivity index (χ4v) is 4.59. The number of thiazole rings is 1. The number of nitrogens with zero attached hydrogens (tertiary/aromatic N) is 3. The highest BCUT2D eigenvalue weighted by molar-refractivity contribution is 7.17. The molecule has 0 spiro atoms. The van der Waals surface area contributed by atoms with Crippen molar-refractivity contribution >= 4 is 16.3 Å². The van der Waals surface area contributed by atoms with Gasteiger partial charge >= 0.3 is 0 Å². The number of aryl methyl sites for hydroxylation is 1. The van der Waals surface area contributed by atoms with Crippen LogP contribution in [-0.4, -0.2) is 53.1 Å². The van der Waals surface area contributed by atoms with Crippen LogP contribution in [0.2, 0.25) is 0 Å². The topological polar surface area (TPSA) is 73.3 Å². The van der Waals surface area contributed by atoms with Gasteiger partial charge in [-0.1, -0.05) is 23.5 Å². The van der Waals surface area contributed by atoms with Crippen molar-refractivity contribution in [3.05, 3.63) is 40.5 Å². The molecule has 2 aromatic heterocycles. The van der Waals surface area contributed by atoms with Gasteiger partial charge in [-0.3, -0.25) is 0 Å². The minimum Gasteiger partial charge on any atom is -0.496 e. The molecule has 7 nitrogen and oxygen atoms in total. The Kier molecular flexibility index (Phi) is 4.32. The summed E-state index contributed by atoms with van der Waals surface area (Å²) in [5.74, 6) is 1.64. The molecule has 3 heterocycles. The molecule has 8 heteroatoms. The highest BCUT2D eigenvalue weighted by atomic mass is 32.1. The lowest BCUT2D eigenvalue weighted by Crippen LogP contribution is -3.14. The molecule has 0 unspecified atom stereocenters. The largest absolute Gasteiger partial charge is 0.496 e. The lowest BCUT2D eigenvalue weighted by atomic mass is 10.0. The van der Waals surface area contributed by atoms with Gasteiger partial charge in [-0.05, 0) is 19.1 Å². The molecule has 0 radical (unpaired) electrons. The summed E-state index contributed by atoms with van der Waals surface area (Å²) in [7, 11) is 1.68. The van der Waals surface area contributed by atoms with Crippen LogP contribution >= 0.6 is 11.3 Å². The average molecular weight is 361 g/mol. The van der Waals surface area contributed by atoms with Crippen molar-refractivity contribution in [3.8, 4) is 11.6 Å². The molecule has 132 valence electrons. The number of hydrogen-bond acceptors (Lipinski definition) is 6. The van der Waals surface area contributed by atoms with E-state index >= 15 is 0 Å². The second-order valence-corrected chi connectivity index (χ2v) is 7.10. The van der Waals surface area contributed by atoms with Crippen LogP contribution in [-0.2, 0) is 4.74 Å². The number of methoxy groups -OCH3 is 1. The van der Waals surface area contributed by atoms with Crippen LogP contribution < -0.4 is 9.64 Å². The summed E-state index contributed by atoms with van der Waals surface area (Å²) >= 11 is 1.48. The van der Waals surface area contributed by atoms with E-state index < -0.39 is 0 Å². The zero-order valence-corrected chi connectivity index (χ0v) is 15.0. The Morgan fingerprint density at radius 1 is 1.32 bits per heavy atom. The Labute approximate surface area is 149 Å². The SMILES string of the molecule is COc1ccccc1[C@@H](c1sc2nc(C)nn2c1O)[NH+]1CCOCC1. The fraction of sp³-hybridized carbons (Fsp3) is 0.412. The van der Waals surface area contributed by atoms with Crippen molar-refractivity contribution in [1.29, 1.82) is 0 Å². The molecular formula is C17H21N4O3S+. The number of aromatic nitrogens is 3. The van der Waals surface area contributed by atoms with Crippen LogP contribution in [0.5, 0.6) is 11.6 Å². The van der Waals surface area contributed by atoms with Crippen LogP contribution in [0, 0.1) is 6.92 Å². The van der Waals surface area contributed by atoms with Gasteiger partial charge in [-0.15, -0.1) is 5.10 Å². The standard InChI is InChI=1S/C17H20N4O3S/c1-11-18-17-21(19-11)16(22)15(25-17)14(20-7-9-24-10-8-20)12-5-3-4-6-13(12)23-2/h3-6,14,22H,7-10H2,1-2H3/p+1/t14-/m0/s1. The third-order valence-corrected chi connectivity index (χ3v) is 5.65. The summed E-state index contributed by atoms with van der Waals surface area (Å²) in [5.41, 5.74) is 1.05. The van der Waals surface area contributed by atoms with Crippen LogP contribution in [0.3, 0.4) is 0 Å². The molecular weight excluding hydrogens is 340 g/mol. The molecule has 3 aromatic rings. The van der Waals surface area contributed by atoms with Crippen LogP contribution in [0.25, 0.3) is 4.96 Å². The highest BCUT2D eigenvalue weighted by Crippen LogP contribution is 2.37. The third kappa shape index (κ3) is 2.86. The van der Waals surface area contributed by atoms with Crippen molar-refractivity contribution in [1.82, 2.24) is 14.6 Å². The average Bonchev–Trinajstić information content (AvgIpc) is 3.14. The van der Waals surface area contributed by atoms with E-state index in [9.17, 15) is 5.11 Å². The van der Waals surface area contributed by atoms with E-state index in [4.69, 9.17) is 9.47 Å². The molecule has 0 aliphatic carbocycles. The molecule has 0 amide bonds. The van der Waals surface area contributed by atoms with Gasteiger partial charge in [0.15, 0.2) is 6.04 Å². The molecule has 1 aliphatic rings. The van der Waals surface area contributed by atoms with Crippen molar-refractivity contribution in [2.75, 3.05) is 33.4 Å². The smallest absolute Gasteiger partial charge is 0.235 e. The first-order chi connectivity index (χ1) is 12.2. The summed E-state index contributed by atoms with van der Waals surface area (Å²) in [6, 6.07) is 7.93. The second-order valence-electron chi connectivity index (χ2n) is 6.09. The number of fused-ring (bicyclic) bond motifs is 1. The van der Waals surface area contributed by atoms with E-state index in [0.717, 1.165) is 29.3 Å². The van der Waals surface area contributed by atoms with E-state index in [1.807, 2.05) is 25.1 Å². The van der Waals surface area contributed by atoms with Crippen LogP contribution in [0.15, 0.2) is 24.3 Å². The van der Waals surface area contributed by atoms with Gasteiger partial charge in [-0.2, -0.15) is 4.52 Å². The first-order valence-corrected chi connectivity index (χ1v) is 9.11. The van der Waals surface area contributed by atoms with Gasteiger partial charge in [0.05, 0.1) is 25.9 Å². The number of nitrogens with one attached hydrogen (secondary N) is 1. The summed E-state index contributed by atoms with van der Waals surface area (Å²) in [6.07, 6.45) is 0. The van der Waals surface area contributed by atoms with E-state index in [1.165, 1.54) is 20.8 Å². The first-order valence-electron chi connectivity index (χ1n) is 8.29. The second kappa shape index (κ2) is 6.62. The normalized spacial score (nSPS) is 17.0. The highest BCUT2D eigenvalue weighted by Gasteiger charge is 2.35. The minimum absolute atomic E-state index is 0.0474. The predicted molar refractivity (Wildman–Crippen MR) is 93.6 cm³/mol. The summed E-state index contributed by atoms with van der Waals surface area (Å²) in [4.78, 5) is 7.31. The van der Waals surface area contributed by atoms with Crippen molar-refractivity contribution in [2.45, 2.75) is 13.0 Å². The third-order valence-electron chi connectivity index (χ3n) is 4.56. The maximum absolute atomic E-state index is 10.8. The van der Waals surface area contributed by atoms with Gasteiger partial charge in [0, 0.05) is 0 Å². The quantitative estimate of drug-likeness (QED) is 0.720. The molecule has 1 saturated heterocycles. The van der Waals surface area contributed by atoms with Gasteiger partial charge in [0.2, 0.25) is 10.8 Å². The van der Waals surface area contributed by atoms with Crippen LogP contribution in [0.1, 0.15) is 22.3 Å². The lowest BCUT2D eigenvalue weighted by Gasteiger charge is -2.31. The molecule has 1 aliphatic heterocycles. The van der Waals surface area contributed by atoms with Crippen molar-refractivity contribution in [3.63, 3.8) is 0 Å². The zero-order chi connectivity index (χ0) is 17.4. The fourth-order valence-electron chi connectivity index (χ4n) is 3.41. The van der Waals surface area contributed by atoms with Gasteiger partial charge < -0.3 is 19.5 Å². The number of benzene rings is 1. The van der Waals surface area contributed by atoms with Gasteiger partial charge in [0.1, 0.15) is 29.5 Å². The number of morpholine rings is 1. The summed E-state index contributed by atoms with van der Waals surface area (Å²) in [6.45, 7) is 4.98. The minimum atomic E-state index is -0.0474. The van der Waals surface area contributed by atoms with Crippen molar-refractivity contribution in [2.24, 2.45) is 0 Å². The zero-order valence-electron chi connectivity index (χ0n) is 14.2. The number of aromatic hydroxyl groups is 1. The molecule has 0 bridgehead atoms. The predicted octanol–water partition coefficient (Wildman–Crippen LogP) is 0.818. The maximum atomic E-state index is 10.8. The Morgan fingerprint density at radius 2 is 2.08 bits per heavy atom. The summed E-state index contributed by atoms with van der Waals surface area (Å²) < 4.78 is 12.6. The monoisotopic (exact) mass is 361 g/mol. The Hall–Kier alpha value is -2.16. The molecule has 1 fully saturated rings. The van der Waals surface area contributed by atoms with Crippen molar-refractivity contribution < 1.29 is 19.5 Å². The molecule has 1 atom stereocenters. The Morgan fingerprint density at radius 3 is 2.80 bits per heavy atom. The van der Waals surface area contributed by atoms with E-state index in [1.54, 1.807) is 7.11 Å². The maximum Gasteiger partial charge on any atom is 0.235 e. The summed E-state index contributed by atoms with van der Waals surface area (Å²) in [5, 5.41) is 15.1. The van der Waals surface area contributed by atoms with E-state index in [0.29, 0.717) is 24.0 Å². The number of hydrogen-bond donors (Lipinski definition) is 2. The lowest BCUT2D eigenvalue weighted by molar-refractivity contribution is -0.932. The molecule has 4 rings (SSSR count). The molecule has 25 heavy (non-hydrogen) atoms. The van der Waals surface area contributed by atoms with E-state index in [-0.39, 0.29) is 11.9 Å². The number of ether oxygens (including phenoxy) is 2. The van der Waals surface area contributed by atoms with Gasteiger partial charge in [0.25, 0.3) is 0 Å². The molecule has 2 N–H and O–H groups in total. The first kappa shape index (κ1) is 16.3. The van der Waals surface area contributed by atoms with Crippen LogP contribution in [0.4, 0.5) is 0 Å². The van der Waals surface area contributed by atoms with E-state index in [2.05, 4.69) is 16.1 Å². The number of quaternary nitrogens is 1.